The highest BCUT2D eigenvalue weighted by Crippen LogP contribution is 2.31. The molecule has 3 aromatic heterocycles. The Bertz CT molecular complexity index is 1180. The van der Waals surface area contributed by atoms with Gasteiger partial charge in [-0.05, 0) is 24.3 Å². The number of ether oxygens (including phenoxy) is 1. The van der Waals surface area contributed by atoms with Crippen molar-refractivity contribution in [3.63, 3.8) is 0 Å². The Hall–Kier alpha value is -2.44. The van der Waals surface area contributed by atoms with Crippen molar-refractivity contribution in [3.8, 4) is 10.8 Å². The Labute approximate surface area is 207 Å². The second-order valence-electron chi connectivity index (χ2n) is 7.41. The largest absolute Gasteiger partial charge is 0.457 e. The van der Waals surface area contributed by atoms with Gasteiger partial charge in [-0.3, -0.25) is 9.67 Å². The number of aromatic nitrogens is 3. The lowest BCUT2D eigenvalue weighted by atomic mass is 10.1. The van der Waals surface area contributed by atoms with E-state index in [0.29, 0.717) is 13.2 Å². The number of morpholine rings is 1. The molecule has 1 aliphatic heterocycles. The maximum Gasteiger partial charge on any atom is 0.194 e. The number of hydrogen-bond donors (Lipinski definition) is 1. The number of aliphatic imine (C=N–C) groups is 1. The summed E-state index contributed by atoms with van der Waals surface area (Å²) in [6.07, 6.45) is 3.84. The number of guanidine groups is 1. The third-order valence-electron chi connectivity index (χ3n) is 5.26. The SMILES string of the molecule is CN=C(NCc1ccc(-c2nc3ccccc3s2)o1)N1CCOC(c2cnn(C)c2)C1.I. The van der Waals surface area contributed by atoms with E-state index in [4.69, 9.17) is 9.15 Å². The zero-order valence-corrected chi connectivity index (χ0v) is 21.0. The molecule has 0 bridgehead atoms. The van der Waals surface area contributed by atoms with Gasteiger partial charge in [-0.1, -0.05) is 12.1 Å². The lowest BCUT2D eigenvalue weighted by Crippen LogP contribution is -2.47. The van der Waals surface area contributed by atoms with Gasteiger partial charge in [0.15, 0.2) is 16.7 Å². The number of nitrogens with zero attached hydrogens (tertiary/aromatic N) is 5. The minimum absolute atomic E-state index is 0. The zero-order chi connectivity index (χ0) is 21.2. The number of rotatable bonds is 4. The minimum atomic E-state index is -0.0183. The van der Waals surface area contributed by atoms with Crippen LogP contribution in [-0.4, -0.2) is 52.4 Å². The van der Waals surface area contributed by atoms with E-state index >= 15 is 0 Å². The van der Waals surface area contributed by atoms with E-state index < -0.39 is 0 Å². The molecule has 1 fully saturated rings. The number of para-hydroxylation sites is 1. The molecule has 0 saturated carbocycles. The Morgan fingerprint density at radius 1 is 1.28 bits per heavy atom. The first-order valence-corrected chi connectivity index (χ1v) is 11.0. The van der Waals surface area contributed by atoms with Crippen LogP contribution >= 0.6 is 35.3 Å². The van der Waals surface area contributed by atoms with E-state index in [9.17, 15) is 0 Å². The van der Waals surface area contributed by atoms with Crippen molar-refractivity contribution in [1.82, 2.24) is 25.0 Å². The van der Waals surface area contributed by atoms with Crippen LogP contribution in [0.25, 0.3) is 21.0 Å². The Morgan fingerprint density at radius 2 is 2.16 bits per heavy atom. The standard InChI is InChI=1S/C22H24N6O2S.HI/c1-23-22(28-9-10-29-19(14-28)15-11-25-27(2)13-15)24-12-16-7-8-18(30-16)21-26-17-5-3-4-6-20(17)31-21;/h3-8,11,13,19H,9-10,12,14H2,1-2H3,(H,23,24);1H. The van der Waals surface area contributed by atoms with Crippen LogP contribution in [-0.2, 0) is 18.3 Å². The van der Waals surface area contributed by atoms with Crippen molar-refractivity contribution >= 4 is 51.5 Å². The third-order valence-corrected chi connectivity index (χ3v) is 6.31. The molecule has 0 radical (unpaired) electrons. The Morgan fingerprint density at radius 3 is 2.94 bits per heavy atom. The quantitative estimate of drug-likeness (QED) is 0.229. The summed E-state index contributed by atoms with van der Waals surface area (Å²) in [6, 6.07) is 12.1. The first-order chi connectivity index (χ1) is 15.2. The molecule has 1 N–H and O–H groups in total. The van der Waals surface area contributed by atoms with Crippen molar-refractivity contribution in [1.29, 1.82) is 0 Å². The van der Waals surface area contributed by atoms with E-state index in [1.54, 1.807) is 23.1 Å². The number of furan rings is 1. The van der Waals surface area contributed by atoms with Crippen molar-refractivity contribution in [2.75, 3.05) is 26.7 Å². The second kappa shape index (κ2) is 10.0. The molecular weight excluding hydrogens is 539 g/mol. The van der Waals surface area contributed by atoms with Crippen molar-refractivity contribution in [2.24, 2.45) is 12.0 Å². The summed E-state index contributed by atoms with van der Waals surface area (Å²) in [5, 5.41) is 8.56. The number of thiazole rings is 1. The predicted octanol–water partition coefficient (Wildman–Crippen LogP) is 4.06. The summed E-state index contributed by atoms with van der Waals surface area (Å²) < 4.78 is 14.9. The highest BCUT2D eigenvalue weighted by Gasteiger charge is 2.25. The van der Waals surface area contributed by atoms with E-state index in [-0.39, 0.29) is 30.1 Å². The van der Waals surface area contributed by atoms with Crippen LogP contribution in [0.4, 0.5) is 0 Å². The third kappa shape index (κ3) is 4.81. The van der Waals surface area contributed by atoms with Gasteiger partial charge in [0.2, 0.25) is 0 Å². The molecule has 10 heteroatoms. The first kappa shape index (κ1) is 22.7. The molecule has 1 aliphatic rings. The fourth-order valence-corrected chi connectivity index (χ4v) is 4.64. The lowest BCUT2D eigenvalue weighted by molar-refractivity contribution is -0.00807. The normalized spacial score (nSPS) is 16.9. The van der Waals surface area contributed by atoms with E-state index in [1.807, 2.05) is 49.8 Å². The molecule has 8 nitrogen and oxygen atoms in total. The highest BCUT2D eigenvalue weighted by atomic mass is 127. The Balaban J connectivity index is 0.00000245. The molecule has 4 heterocycles. The molecule has 0 amide bonds. The van der Waals surface area contributed by atoms with Crippen LogP contribution in [0.1, 0.15) is 17.4 Å². The highest BCUT2D eigenvalue weighted by molar-refractivity contribution is 14.0. The van der Waals surface area contributed by atoms with Crippen molar-refractivity contribution in [3.05, 3.63) is 60.1 Å². The summed E-state index contributed by atoms with van der Waals surface area (Å²) in [6.45, 7) is 2.70. The van der Waals surface area contributed by atoms with Gasteiger partial charge in [-0.2, -0.15) is 5.10 Å². The molecular formula is C22H25IN6O2S. The van der Waals surface area contributed by atoms with Crippen LogP contribution < -0.4 is 5.32 Å². The molecule has 5 rings (SSSR count). The molecule has 1 saturated heterocycles. The topological polar surface area (TPSA) is 80.7 Å². The summed E-state index contributed by atoms with van der Waals surface area (Å²) in [5.41, 5.74) is 2.07. The summed E-state index contributed by atoms with van der Waals surface area (Å²) >= 11 is 1.64. The van der Waals surface area contributed by atoms with Crippen LogP contribution in [0.15, 0.2) is 58.2 Å². The molecule has 168 valence electrons. The van der Waals surface area contributed by atoms with Gasteiger partial charge in [0.25, 0.3) is 0 Å². The maximum atomic E-state index is 6.05. The summed E-state index contributed by atoms with van der Waals surface area (Å²) in [5.74, 6) is 2.46. The van der Waals surface area contributed by atoms with Gasteiger partial charge in [0, 0.05) is 32.4 Å². The minimum Gasteiger partial charge on any atom is -0.457 e. The number of fused-ring (bicyclic) bond motifs is 1. The lowest BCUT2D eigenvalue weighted by Gasteiger charge is -2.34. The van der Waals surface area contributed by atoms with Crippen LogP contribution in [0.5, 0.6) is 0 Å². The van der Waals surface area contributed by atoms with Gasteiger partial charge in [0.1, 0.15) is 11.9 Å². The van der Waals surface area contributed by atoms with Crippen LogP contribution in [0, 0.1) is 0 Å². The maximum absolute atomic E-state index is 6.05. The fraction of sp³-hybridized carbons (Fsp3) is 0.318. The fourth-order valence-electron chi connectivity index (χ4n) is 3.71. The first-order valence-electron chi connectivity index (χ1n) is 10.2. The number of nitrogens with one attached hydrogen (secondary N) is 1. The number of halogens is 1. The van der Waals surface area contributed by atoms with E-state index in [2.05, 4.69) is 31.4 Å². The Kier molecular flexibility index (Phi) is 7.11. The van der Waals surface area contributed by atoms with Gasteiger partial charge in [0.05, 0.1) is 36.1 Å². The van der Waals surface area contributed by atoms with Crippen LogP contribution in [0.3, 0.4) is 0 Å². The van der Waals surface area contributed by atoms with E-state index in [0.717, 1.165) is 51.4 Å². The number of aryl methyl sites for hydroxylation is 1. The molecule has 1 aromatic carbocycles. The average molecular weight is 564 g/mol. The van der Waals surface area contributed by atoms with Gasteiger partial charge in [-0.15, -0.1) is 35.3 Å². The monoisotopic (exact) mass is 564 g/mol. The number of benzene rings is 1. The molecule has 1 atom stereocenters. The molecule has 0 spiro atoms. The summed E-state index contributed by atoms with van der Waals surface area (Å²) in [4.78, 5) is 11.3. The molecule has 0 aliphatic carbocycles. The van der Waals surface area contributed by atoms with Crippen LogP contribution in [0.2, 0.25) is 0 Å². The van der Waals surface area contributed by atoms with Crippen molar-refractivity contribution < 1.29 is 9.15 Å². The molecule has 32 heavy (non-hydrogen) atoms. The van der Waals surface area contributed by atoms with Gasteiger partial charge in [-0.25, -0.2) is 4.98 Å². The van der Waals surface area contributed by atoms with Crippen molar-refractivity contribution in [2.45, 2.75) is 12.6 Å². The molecule has 1 unspecified atom stereocenters. The predicted molar refractivity (Wildman–Crippen MR) is 136 cm³/mol. The molecule has 4 aromatic rings. The number of hydrogen-bond acceptors (Lipinski definition) is 6. The second-order valence-corrected chi connectivity index (χ2v) is 8.44. The smallest absolute Gasteiger partial charge is 0.194 e. The summed E-state index contributed by atoms with van der Waals surface area (Å²) in [7, 11) is 3.71. The van der Waals surface area contributed by atoms with Gasteiger partial charge >= 0.3 is 0 Å². The zero-order valence-electron chi connectivity index (χ0n) is 17.9. The average Bonchev–Trinajstić information content (AvgIpc) is 3.53. The van der Waals surface area contributed by atoms with E-state index in [1.165, 1.54) is 0 Å². The van der Waals surface area contributed by atoms with Gasteiger partial charge < -0.3 is 19.4 Å².